The van der Waals surface area contributed by atoms with Crippen LogP contribution in [0.1, 0.15) is 39.5 Å². The van der Waals surface area contributed by atoms with E-state index in [2.05, 4.69) is 13.2 Å². The van der Waals surface area contributed by atoms with Crippen molar-refractivity contribution >= 4 is 11.9 Å². The molecule has 0 bridgehead atoms. The van der Waals surface area contributed by atoms with E-state index in [4.69, 9.17) is 19.7 Å². The van der Waals surface area contributed by atoms with Crippen LogP contribution in [0.2, 0.25) is 0 Å². The van der Waals surface area contributed by atoms with Crippen LogP contribution < -0.4 is 0 Å². The third-order valence-corrected chi connectivity index (χ3v) is 2.27. The third-order valence-electron chi connectivity index (χ3n) is 2.27. The molecule has 0 aromatic carbocycles. The van der Waals surface area contributed by atoms with Crippen LogP contribution in [0.15, 0.2) is 24.3 Å². The molecule has 0 atom stereocenters. The Bertz CT molecular complexity index is 315. The monoisotopic (exact) mass is 316 g/mol. The van der Waals surface area contributed by atoms with Crippen molar-refractivity contribution in [3.63, 3.8) is 0 Å². The van der Waals surface area contributed by atoms with Crippen molar-refractivity contribution in [2.45, 2.75) is 39.5 Å². The molecule has 6 nitrogen and oxygen atoms in total. The molecule has 0 fully saturated rings. The lowest BCUT2D eigenvalue weighted by Gasteiger charge is -2.01. The van der Waals surface area contributed by atoms with Crippen molar-refractivity contribution in [3.8, 4) is 0 Å². The highest BCUT2D eigenvalue weighted by atomic mass is 16.5. The molecule has 0 spiro atoms. The second kappa shape index (κ2) is 15.7. The van der Waals surface area contributed by atoms with E-state index in [9.17, 15) is 9.59 Å². The zero-order valence-corrected chi connectivity index (χ0v) is 13.6. The second-order valence-electron chi connectivity index (χ2n) is 4.69. The number of hydrogen-bond acceptors (Lipinski definition) is 6. The molecule has 0 aliphatic carbocycles. The third kappa shape index (κ3) is 16.4. The average Bonchev–Trinajstić information content (AvgIpc) is 2.48. The molecule has 0 saturated carbocycles. The van der Waals surface area contributed by atoms with Crippen LogP contribution in [0.5, 0.6) is 0 Å². The molecule has 0 rings (SSSR count). The van der Waals surface area contributed by atoms with E-state index < -0.39 is 0 Å². The summed E-state index contributed by atoms with van der Waals surface area (Å²) in [5.41, 5.74) is 0.822. The number of esters is 2. The zero-order valence-electron chi connectivity index (χ0n) is 13.6. The fourth-order valence-electron chi connectivity index (χ4n) is 1.00. The van der Waals surface area contributed by atoms with E-state index in [1.165, 1.54) is 0 Å². The summed E-state index contributed by atoms with van der Waals surface area (Å²) in [5.74, 6) is -0.717. The first kappa shape index (κ1) is 22.6. The maximum atomic E-state index is 10.7. The van der Waals surface area contributed by atoms with E-state index in [1.807, 2.05) is 0 Å². The molecule has 6 heteroatoms. The maximum absolute atomic E-state index is 10.7. The Balaban J connectivity index is 0. The van der Waals surface area contributed by atoms with Gasteiger partial charge in [-0.2, -0.15) is 0 Å². The number of carbonyl (C=O) groups excluding carboxylic acids is 2. The average molecular weight is 316 g/mol. The van der Waals surface area contributed by atoms with Crippen LogP contribution in [0.3, 0.4) is 0 Å². The standard InChI is InChI=1S/2C8H14O3/c2*1-7(2)8(10)11-6-4-3-5-9/h2*9H,1,3-6H2,2H3. The summed E-state index contributed by atoms with van der Waals surface area (Å²) in [4.78, 5) is 21.4. The van der Waals surface area contributed by atoms with Crippen molar-refractivity contribution in [1.82, 2.24) is 0 Å². The molecule has 0 amide bonds. The van der Waals surface area contributed by atoms with Gasteiger partial charge in [0.2, 0.25) is 0 Å². The van der Waals surface area contributed by atoms with Gasteiger partial charge in [0, 0.05) is 24.4 Å². The predicted octanol–water partition coefficient (Wildman–Crippen LogP) is 1.76. The first-order chi connectivity index (χ1) is 10.4. The van der Waals surface area contributed by atoms with Crippen LogP contribution in [-0.4, -0.2) is 48.6 Å². The van der Waals surface area contributed by atoms with Crippen LogP contribution in [-0.2, 0) is 19.1 Å². The number of aliphatic hydroxyl groups is 2. The minimum Gasteiger partial charge on any atom is -0.462 e. The number of rotatable bonds is 10. The molecule has 0 aromatic rings. The molecule has 0 aromatic heterocycles. The van der Waals surface area contributed by atoms with Gasteiger partial charge in [-0.1, -0.05) is 13.2 Å². The number of ether oxygens (including phenoxy) is 2. The van der Waals surface area contributed by atoms with Gasteiger partial charge >= 0.3 is 11.9 Å². The molecular formula is C16H28O6. The summed E-state index contributed by atoms with van der Waals surface area (Å²) >= 11 is 0. The minimum absolute atomic E-state index is 0.143. The SMILES string of the molecule is C=C(C)C(=O)OCCCCO.C=C(C)C(=O)OCCCCO. The summed E-state index contributed by atoms with van der Waals surface area (Å²) in [6, 6.07) is 0. The fraction of sp³-hybridized carbons (Fsp3) is 0.625. The lowest BCUT2D eigenvalue weighted by Crippen LogP contribution is -2.06. The molecule has 2 N–H and O–H groups in total. The van der Waals surface area contributed by atoms with Crippen molar-refractivity contribution < 1.29 is 29.3 Å². The van der Waals surface area contributed by atoms with Crippen LogP contribution >= 0.6 is 0 Å². The van der Waals surface area contributed by atoms with Crippen LogP contribution in [0.4, 0.5) is 0 Å². The maximum Gasteiger partial charge on any atom is 0.333 e. The van der Waals surface area contributed by atoms with Crippen molar-refractivity contribution in [1.29, 1.82) is 0 Å². The molecular weight excluding hydrogens is 288 g/mol. The van der Waals surface area contributed by atoms with Gasteiger partial charge in [0.15, 0.2) is 0 Å². The molecule has 0 unspecified atom stereocenters. The van der Waals surface area contributed by atoms with E-state index in [1.54, 1.807) is 13.8 Å². The quantitative estimate of drug-likeness (QED) is 0.362. The second-order valence-corrected chi connectivity index (χ2v) is 4.69. The fourth-order valence-corrected chi connectivity index (χ4v) is 1.00. The number of aliphatic hydroxyl groups excluding tert-OH is 2. The van der Waals surface area contributed by atoms with Crippen molar-refractivity contribution in [3.05, 3.63) is 24.3 Å². The summed E-state index contributed by atoms with van der Waals surface area (Å²) in [6.45, 7) is 11.1. The summed E-state index contributed by atoms with van der Waals surface area (Å²) in [7, 11) is 0. The molecule has 0 aliphatic rings. The van der Waals surface area contributed by atoms with Crippen molar-refractivity contribution in [2.75, 3.05) is 26.4 Å². The molecule has 0 radical (unpaired) electrons. The lowest BCUT2D eigenvalue weighted by atomic mass is 10.3. The number of hydrogen-bond donors (Lipinski definition) is 2. The molecule has 0 aliphatic heterocycles. The predicted molar refractivity (Wildman–Crippen MR) is 84.2 cm³/mol. The van der Waals surface area contributed by atoms with Gasteiger partial charge < -0.3 is 19.7 Å². The van der Waals surface area contributed by atoms with E-state index >= 15 is 0 Å². The Morgan fingerprint density at radius 3 is 1.32 bits per heavy atom. The van der Waals surface area contributed by atoms with Gasteiger partial charge in [0.05, 0.1) is 13.2 Å². The Labute approximate surface area is 132 Å². The lowest BCUT2D eigenvalue weighted by molar-refractivity contribution is -0.140. The minimum atomic E-state index is -0.358. The highest BCUT2D eigenvalue weighted by Crippen LogP contribution is 1.95. The zero-order chi connectivity index (χ0) is 17.4. The number of unbranched alkanes of at least 4 members (excludes halogenated alkanes) is 2. The molecule has 0 saturated heterocycles. The smallest absolute Gasteiger partial charge is 0.333 e. The van der Waals surface area contributed by atoms with Gasteiger partial charge in [-0.15, -0.1) is 0 Å². The van der Waals surface area contributed by atoms with Crippen LogP contribution in [0, 0.1) is 0 Å². The largest absolute Gasteiger partial charge is 0.462 e. The summed E-state index contributed by atoms with van der Waals surface area (Å²) < 4.78 is 9.51. The Morgan fingerprint density at radius 1 is 0.773 bits per heavy atom. The summed E-state index contributed by atoms with van der Waals surface area (Å²) in [5, 5.41) is 16.8. The molecule has 0 heterocycles. The van der Waals surface area contributed by atoms with Crippen LogP contribution in [0.25, 0.3) is 0 Å². The highest BCUT2D eigenvalue weighted by molar-refractivity contribution is 5.87. The first-order valence-corrected chi connectivity index (χ1v) is 7.23. The van der Waals surface area contributed by atoms with Crippen molar-refractivity contribution in [2.24, 2.45) is 0 Å². The molecule has 128 valence electrons. The first-order valence-electron chi connectivity index (χ1n) is 7.23. The number of carbonyl (C=O) groups is 2. The Hall–Kier alpha value is -1.66. The Kier molecular flexibility index (Phi) is 16.2. The van der Waals surface area contributed by atoms with Gasteiger partial charge in [0.1, 0.15) is 0 Å². The highest BCUT2D eigenvalue weighted by Gasteiger charge is 2.01. The van der Waals surface area contributed by atoms with E-state index in [0.29, 0.717) is 50.0 Å². The van der Waals surface area contributed by atoms with Gasteiger partial charge in [0.25, 0.3) is 0 Å². The van der Waals surface area contributed by atoms with Gasteiger partial charge in [-0.3, -0.25) is 0 Å². The van der Waals surface area contributed by atoms with Gasteiger partial charge in [-0.05, 0) is 39.5 Å². The van der Waals surface area contributed by atoms with E-state index in [0.717, 1.165) is 0 Å². The van der Waals surface area contributed by atoms with Gasteiger partial charge in [-0.25, -0.2) is 9.59 Å². The van der Waals surface area contributed by atoms with E-state index in [-0.39, 0.29) is 25.2 Å². The normalized spacial score (nSPS) is 9.27. The Morgan fingerprint density at radius 2 is 1.09 bits per heavy atom. The molecule has 22 heavy (non-hydrogen) atoms. The topological polar surface area (TPSA) is 93.1 Å². The summed E-state index contributed by atoms with van der Waals surface area (Å²) in [6.07, 6.45) is 2.75.